The van der Waals surface area contributed by atoms with Gasteiger partial charge in [-0.05, 0) is 63.1 Å². The van der Waals surface area contributed by atoms with Gasteiger partial charge in [0.05, 0.1) is 11.7 Å². The van der Waals surface area contributed by atoms with Crippen molar-refractivity contribution < 1.29 is 23.1 Å². The Balaban J connectivity index is 1.77. The summed E-state index contributed by atoms with van der Waals surface area (Å²) < 4.78 is 32.0. The molecule has 2 aromatic carbocycles. The summed E-state index contributed by atoms with van der Waals surface area (Å²) in [6.07, 6.45) is 0.641. The van der Waals surface area contributed by atoms with E-state index < -0.39 is 17.5 Å². The molecule has 0 aliphatic heterocycles. The normalized spacial score (nSPS) is 10.6. The largest absolute Gasteiger partial charge is 0.491 e. The van der Waals surface area contributed by atoms with Gasteiger partial charge in [-0.2, -0.15) is 0 Å². The molecule has 0 spiro atoms. The second kappa shape index (κ2) is 9.82. The molecule has 0 atom stereocenters. The van der Waals surface area contributed by atoms with Crippen LogP contribution in [0.15, 0.2) is 36.4 Å². The molecule has 2 rings (SSSR count). The molecule has 2 amide bonds. The SMILES string of the molecule is Cc1cc(OC(C)C)ccc1NC(=O)CCCNC(=O)c1ccc(F)cc1F. The minimum absolute atomic E-state index is 0.0680. The van der Waals surface area contributed by atoms with Crippen molar-refractivity contribution in [3.05, 3.63) is 59.2 Å². The Morgan fingerprint density at radius 1 is 1.11 bits per heavy atom. The molecule has 0 saturated heterocycles. The Kier molecular flexibility index (Phi) is 7.49. The smallest absolute Gasteiger partial charge is 0.254 e. The summed E-state index contributed by atoms with van der Waals surface area (Å²) in [7, 11) is 0. The summed E-state index contributed by atoms with van der Waals surface area (Å²) in [5.41, 5.74) is 1.34. The summed E-state index contributed by atoms with van der Waals surface area (Å²) in [6.45, 7) is 5.95. The van der Waals surface area contributed by atoms with E-state index in [9.17, 15) is 18.4 Å². The zero-order valence-electron chi connectivity index (χ0n) is 16.1. The van der Waals surface area contributed by atoms with E-state index in [0.29, 0.717) is 18.2 Å². The van der Waals surface area contributed by atoms with Crippen LogP contribution in [0.2, 0.25) is 0 Å². The van der Waals surface area contributed by atoms with Crippen molar-refractivity contribution in [1.82, 2.24) is 5.32 Å². The summed E-state index contributed by atoms with van der Waals surface area (Å²) in [5, 5.41) is 5.33. The van der Waals surface area contributed by atoms with Crippen LogP contribution in [0.3, 0.4) is 0 Å². The van der Waals surface area contributed by atoms with Crippen molar-refractivity contribution in [3.8, 4) is 5.75 Å². The van der Waals surface area contributed by atoms with Crippen molar-refractivity contribution in [2.45, 2.75) is 39.7 Å². The molecular formula is C21H24F2N2O3. The molecule has 0 bridgehead atoms. The Labute approximate surface area is 163 Å². The molecule has 0 fully saturated rings. The maximum Gasteiger partial charge on any atom is 0.254 e. The van der Waals surface area contributed by atoms with Crippen LogP contribution in [0.5, 0.6) is 5.75 Å². The molecule has 150 valence electrons. The highest BCUT2D eigenvalue weighted by Gasteiger charge is 2.12. The van der Waals surface area contributed by atoms with Gasteiger partial charge in [-0.3, -0.25) is 9.59 Å². The lowest BCUT2D eigenvalue weighted by atomic mass is 10.1. The van der Waals surface area contributed by atoms with Gasteiger partial charge in [-0.15, -0.1) is 0 Å². The lowest BCUT2D eigenvalue weighted by Crippen LogP contribution is -2.26. The number of ether oxygens (including phenoxy) is 1. The first-order valence-electron chi connectivity index (χ1n) is 9.06. The average molecular weight is 390 g/mol. The minimum Gasteiger partial charge on any atom is -0.491 e. The summed E-state index contributed by atoms with van der Waals surface area (Å²) >= 11 is 0. The van der Waals surface area contributed by atoms with E-state index in [1.54, 1.807) is 12.1 Å². The van der Waals surface area contributed by atoms with Crippen LogP contribution in [-0.4, -0.2) is 24.5 Å². The standard InChI is InChI=1S/C21H24F2N2O3/c1-13(2)28-16-7-9-19(14(3)11-16)25-20(26)5-4-10-24-21(27)17-8-6-15(22)12-18(17)23/h6-9,11-13H,4-5,10H2,1-3H3,(H,24,27)(H,25,26). The molecule has 2 aromatic rings. The monoisotopic (exact) mass is 390 g/mol. The van der Waals surface area contributed by atoms with E-state index in [1.807, 2.05) is 26.8 Å². The van der Waals surface area contributed by atoms with Crippen molar-refractivity contribution in [2.75, 3.05) is 11.9 Å². The van der Waals surface area contributed by atoms with Crippen LogP contribution in [0, 0.1) is 18.6 Å². The maximum absolute atomic E-state index is 13.5. The summed E-state index contributed by atoms with van der Waals surface area (Å²) in [5.74, 6) is -1.76. The van der Waals surface area contributed by atoms with Crippen LogP contribution in [-0.2, 0) is 4.79 Å². The molecule has 0 aliphatic carbocycles. The number of anilines is 1. The molecule has 5 nitrogen and oxygen atoms in total. The second-order valence-electron chi connectivity index (χ2n) is 6.68. The van der Waals surface area contributed by atoms with Crippen LogP contribution < -0.4 is 15.4 Å². The molecule has 7 heteroatoms. The lowest BCUT2D eigenvalue weighted by Gasteiger charge is -2.13. The van der Waals surface area contributed by atoms with Gasteiger partial charge in [0, 0.05) is 24.7 Å². The first-order valence-corrected chi connectivity index (χ1v) is 9.06. The van der Waals surface area contributed by atoms with Crippen LogP contribution >= 0.6 is 0 Å². The number of halogens is 2. The van der Waals surface area contributed by atoms with Crippen molar-refractivity contribution in [2.24, 2.45) is 0 Å². The number of nitrogens with one attached hydrogen (secondary N) is 2. The van der Waals surface area contributed by atoms with E-state index in [2.05, 4.69) is 10.6 Å². The number of carbonyl (C=O) groups is 2. The number of carbonyl (C=O) groups excluding carboxylic acids is 2. The van der Waals surface area contributed by atoms with Gasteiger partial charge in [0.2, 0.25) is 5.91 Å². The van der Waals surface area contributed by atoms with Crippen LogP contribution in [0.4, 0.5) is 14.5 Å². The highest BCUT2D eigenvalue weighted by molar-refractivity contribution is 5.94. The number of amides is 2. The van der Waals surface area contributed by atoms with Crippen LogP contribution in [0.1, 0.15) is 42.6 Å². The van der Waals surface area contributed by atoms with E-state index in [4.69, 9.17) is 4.74 Å². The van der Waals surface area contributed by atoms with E-state index in [0.717, 1.165) is 23.4 Å². The third-order valence-electron chi connectivity index (χ3n) is 3.89. The predicted molar refractivity (Wildman–Crippen MR) is 103 cm³/mol. The molecule has 0 aliphatic rings. The zero-order valence-corrected chi connectivity index (χ0v) is 16.1. The molecule has 0 radical (unpaired) electrons. The molecule has 28 heavy (non-hydrogen) atoms. The fourth-order valence-corrected chi connectivity index (χ4v) is 2.55. The van der Waals surface area contributed by atoms with E-state index in [-0.39, 0.29) is 30.5 Å². The molecular weight excluding hydrogens is 366 g/mol. The fraction of sp³-hybridized carbons (Fsp3) is 0.333. The lowest BCUT2D eigenvalue weighted by molar-refractivity contribution is -0.116. The third-order valence-corrected chi connectivity index (χ3v) is 3.89. The second-order valence-corrected chi connectivity index (χ2v) is 6.68. The highest BCUT2D eigenvalue weighted by atomic mass is 19.1. The van der Waals surface area contributed by atoms with Crippen molar-refractivity contribution in [3.63, 3.8) is 0 Å². The molecule has 0 saturated carbocycles. The topological polar surface area (TPSA) is 67.4 Å². The van der Waals surface area contributed by atoms with Gasteiger partial charge in [0.25, 0.3) is 5.91 Å². The first kappa shape index (κ1) is 21.3. The third kappa shape index (κ3) is 6.33. The fourth-order valence-electron chi connectivity index (χ4n) is 2.55. The Morgan fingerprint density at radius 3 is 2.50 bits per heavy atom. The Bertz CT molecular complexity index is 854. The average Bonchev–Trinajstić information content (AvgIpc) is 2.60. The quantitative estimate of drug-likeness (QED) is 0.664. The Morgan fingerprint density at radius 2 is 1.86 bits per heavy atom. The molecule has 0 aromatic heterocycles. The predicted octanol–water partition coefficient (Wildman–Crippen LogP) is 4.21. The Hall–Kier alpha value is -2.96. The first-order chi connectivity index (χ1) is 13.3. The van der Waals surface area contributed by atoms with Gasteiger partial charge in [-0.1, -0.05) is 0 Å². The number of benzene rings is 2. The molecule has 0 unspecified atom stereocenters. The number of hydrogen-bond donors (Lipinski definition) is 2. The van der Waals surface area contributed by atoms with Crippen molar-refractivity contribution in [1.29, 1.82) is 0 Å². The summed E-state index contributed by atoms with van der Waals surface area (Å²) in [4.78, 5) is 24.0. The van der Waals surface area contributed by atoms with Gasteiger partial charge < -0.3 is 15.4 Å². The minimum atomic E-state index is -0.921. The van der Waals surface area contributed by atoms with Gasteiger partial charge >= 0.3 is 0 Å². The van der Waals surface area contributed by atoms with Crippen molar-refractivity contribution >= 4 is 17.5 Å². The number of hydrogen-bond acceptors (Lipinski definition) is 3. The van der Waals surface area contributed by atoms with Gasteiger partial charge in [0.1, 0.15) is 17.4 Å². The molecule has 2 N–H and O–H groups in total. The number of rotatable bonds is 8. The maximum atomic E-state index is 13.5. The molecule has 0 heterocycles. The van der Waals surface area contributed by atoms with Gasteiger partial charge in [0.15, 0.2) is 0 Å². The van der Waals surface area contributed by atoms with E-state index in [1.165, 1.54) is 0 Å². The van der Waals surface area contributed by atoms with E-state index >= 15 is 0 Å². The number of aryl methyl sites for hydroxylation is 1. The van der Waals surface area contributed by atoms with Crippen LogP contribution in [0.25, 0.3) is 0 Å². The summed E-state index contributed by atoms with van der Waals surface area (Å²) in [6, 6.07) is 8.19. The highest BCUT2D eigenvalue weighted by Crippen LogP contribution is 2.22. The van der Waals surface area contributed by atoms with Gasteiger partial charge in [-0.25, -0.2) is 8.78 Å². The zero-order chi connectivity index (χ0) is 20.7.